The van der Waals surface area contributed by atoms with Crippen LogP contribution in [0.1, 0.15) is 42.1 Å². The van der Waals surface area contributed by atoms with E-state index in [-0.39, 0.29) is 30.5 Å². The molecule has 0 aliphatic heterocycles. The number of carboxylic acid groups (broad SMARTS) is 1. The number of carboxylic acids is 1. The van der Waals surface area contributed by atoms with Crippen LogP contribution in [0.3, 0.4) is 0 Å². The Hall–Kier alpha value is -2.63. The number of amides is 1. The lowest BCUT2D eigenvalue weighted by Gasteiger charge is -2.13. The lowest BCUT2D eigenvalue weighted by Crippen LogP contribution is -2.34. The fraction of sp³-hybridized carbons (Fsp3) is 0.353. The van der Waals surface area contributed by atoms with Gasteiger partial charge in [-0.15, -0.1) is 6.58 Å². The molecule has 1 rings (SSSR count). The molecular weight excluding hydrogens is 298 g/mol. The molecule has 0 saturated heterocycles. The van der Waals surface area contributed by atoms with E-state index in [9.17, 15) is 14.4 Å². The first-order valence-corrected chi connectivity index (χ1v) is 7.30. The Morgan fingerprint density at radius 1 is 1.39 bits per heavy atom. The quantitative estimate of drug-likeness (QED) is 0.538. The minimum atomic E-state index is -1.03. The number of carbonyl (C=O) groups excluding carboxylic acids is 2. The summed E-state index contributed by atoms with van der Waals surface area (Å²) >= 11 is 0. The first kappa shape index (κ1) is 18.4. The van der Waals surface area contributed by atoms with Gasteiger partial charge in [0, 0.05) is 12.5 Å². The minimum absolute atomic E-state index is 0.00289. The van der Waals surface area contributed by atoms with E-state index in [1.807, 2.05) is 0 Å². The zero-order valence-electron chi connectivity index (χ0n) is 13.1. The molecule has 0 aromatic heterocycles. The van der Waals surface area contributed by atoms with Crippen LogP contribution in [0.2, 0.25) is 0 Å². The van der Waals surface area contributed by atoms with E-state index in [4.69, 9.17) is 9.84 Å². The van der Waals surface area contributed by atoms with Gasteiger partial charge in [0.2, 0.25) is 5.91 Å². The molecule has 1 amide bonds. The van der Waals surface area contributed by atoms with Gasteiger partial charge in [0.25, 0.3) is 0 Å². The van der Waals surface area contributed by atoms with E-state index in [2.05, 4.69) is 11.9 Å². The Kier molecular flexibility index (Phi) is 7.53. The largest absolute Gasteiger partial charge is 0.478 e. The second-order valence-corrected chi connectivity index (χ2v) is 5.17. The summed E-state index contributed by atoms with van der Waals surface area (Å²) in [6.07, 6.45) is 2.63. The van der Waals surface area contributed by atoms with Gasteiger partial charge in [-0.25, -0.2) is 4.79 Å². The predicted molar refractivity (Wildman–Crippen MR) is 84.9 cm³/mol. The number of rotatable bonds is 9. The average molecular weight is 319 g/mol. The molecule has 2 N–H and O–H groups in total. The van der Waals surface area contributed by atoms with Crippen molar-refractivity contribution in [3.05, 3.63) is 48.0 Å². The highest BCUT2D eigenvalue weighted by molar-refractivity contribution is 5.87. The number of nitrogens with one attached hydrogen (secondary N) is 1. The molecule has 0 unspecified atom stereocenters. The van der Waals surface area contributed by atoms with Crippen LogP contribution in [0.25, 0.3) is 0 Å². The summed E-state index contributed by atoms with van der Waals surface area (Å²) < 4.78 is 5.10. The number of carbonyl (C=O) groups is 3. The van der Waals surface area contributed by atoms with E-state index in [1.165, 1.54) is 12.1 Å². The number of hydrogen-bond acceptors (Lipinski definition) is 4. The van der Waals surface area contributed by atoms with Crippen molar-refractivity contribution in [3.63, 3.8) is 0 Å². The fourth-order valence-electron chi connectivity index (χ4n) is 1.90. The molecule has 6 nitrogen and oxygen atoms in total. The van der Waals surface area contributed by atoms with Crippen LogP contribution < -0.4 is 5.32 Å². The molecule has 1 aromatic carbocycles. The van der Waals surface area contributed by atoms with Gasteiger partial charge in [-0.1, -0.05) is 18.2 Å². The highest BCUT2D eigenvalue weighted by atomic mass is 16.5. The highest BCUT2D eigenvalue weighted by Gasteiger charge is 2.13. The van der Waals surface area contributed by atoms with Crippen molar-refractivity contribution in [2.75, 3.05) is 0 Å². The summed E-state index contributed by atoms with van der Waals surface area (Å²) in [4.78, 5) is 34.1. The van der Waals surface area contributed by atoms with Gasteiger partial charge in [-0.2, -0.15) is 0 Å². The fourth-order valence-corrected chi connectivity index (χ4v) is 1.90. The van der Waals surface area contributed by atoms with Crippen molar-refractivity contribution < 1.29 is 24.2 Å². The van der Waals surface area contributed by atoms with Gasteiger partial charge >= 0.3 is 11.9 Å². The minimum Gasteiger partial charge on any atom is -0.478 e. The summed E-state index contributed by atoms with van der Waals surface area (Å²) in [5.41, 5.74) is 0.738. The number of esters is 1. The standard InChI is InChI=1S/C17H21NO5/c1-3-4-8-15(19)18-12(2)9-16(20)23-11-13-6-5-7-14(10-13)17(21)22/h3,5-7,10,12H,1,4,8-9,11H2,2H3,(H,18,19)(H,21,22)/t12-/m0/s1. The Morgan fingerprint density at radius 2 is 2.13 bits per heavy atom. The number of benzene rings is 1. The maximum Gasteiger partial charge on any atom is 0.335 e. The summed E-state index contributed by atoms with van der Waals surface area (Å²) in [5.74, 6) is -1.63. The lowest BCUT2D eigenvalue weighted by atomic mass is 10.1. The van der Waals surface area contributed by atoms with Gasteiger partial charge in [0.15, 0.2) is 0 Å². The molecule has 23 heavy (non-hydrogen) atoms. The molecule has 0 heterocycles. The van der Waals surface area contributed by atoms with Crippen molar-refractivity contribution in [2.24, 2.45) is 0 Å². The Bertz CT molecular complexity index is 582. The molecule has 1 aromatic rings. The van der Waals surface area contributed by atoms with Crippen LogP contribution in [0, 0.1) is 0 Å². The molecule has 124 valence electrons. The van der Waals surface area contributed by atoms with Gasteiger partial charge < -0.3 is 15.2 Å². The van der Waals surface area contributed by atoms with E-state index >= 15 is 0 Å². The maximum absolute atomic E-state index is 11.7. The van der Waals surface area contributed by atoms with Crippen LogP contribution in [0.5, 0.6) is 0 Å². The third kappa shape index (κ3) is 7.26. The van der Waals surface area contributed by atoms with Gasteiger partial charge in [-0.05, 0) is 31.0 Å². The molecule has 0 saturated carbocycles. The predicted octanol–water partition coefficient (Wildman–Crippen LogP) is 2.29. The van der Waals surface area contributed by atoms with Crippen molar-refractivity contribution in [3.8, 4) is 0 Å². The number of allylic oxidation sites excluding steroid dienone is 1. The van der Waals surface area contributed by atoms with Crippen LogP contribution in [0.15, 0.2) is 36.9 Å². The van der Waals surface area contributed by atoms with Crippen molar-refractivity contribution >= 4 is 17.8 Å². The third-order valence-electron chi connectivity index (χ3n) is 3.03. The summed E-state index contributed by atoms with van der Waals surface area (Å²) in [6, 6.07) is 5.87. The second kappa shape index (κ2) is 9.40. The van der Waals surface area contributed by atoms with E-state index in [0.717, 1.165) is 0 Å². The number of ether oxygens (including phenoxy) is 1. The Morgan fingerprint density at radius 3 is 2.78 bits per heavy atom. The van der Waals surface area contributed by atoms with Gasteiger partial charge in [0.1, 0.15) is 6.61 Å². The van der Waals surface area contributed by atoms with Crippen molar-refractivity contribution in [1.82, 2.24) is 5.32 Å². The number of hydrogen-bond donors (Lipinski definition) is 2. The SMILES string of the molecule is C=CCCC(=O)N[C@@H](C)CC(=O)OCc1cccc(C(=O)O)c1. The molecule has 1 atom stereocenters. The van der Waals surface area contributed by atoms with Crippen molar-refractivity contribution in [2.45, 2.75) is 38.8 Å². The molecule has 0 bridgehead atoms. The molecular formula is C17H21NO5. The molecule has 0 aliphatic carbocycles. The summed E-state index contributed by atoms with van der Waals surface area (Å²) in [7, 11) is 0. The highest BCUT2D eigenvalue weighted by Crippen LogP contribution is 2.08. The summed E-state index contributed by atoms with van der Waals surface area (Å²) in [6.45, 7) is 5.26. The number of aromatic carboxylic acids is 1. The molecule has 0 aliphatic rings. The van der Waals surface area contributed by atoms with Crippen molar-refractivity contribution in [1.29, 1.82) is 0 Å². The average Bonchev–Trinajstić information content (AvgIpc) is 2.51. The van der Waals surface area contributed by atoms with E-state index < -0.39 is 11.9 Å². The first-order chi connectivity index (χ1) is 10.9. The van der Waals surface area contributed by atoms with Crippen LogP contribution in [0.4, 0.5) is 0 Å². The molecule has 0 fully saturated rings. The Labute approximate surface area is 135 Å². The zero-order valence-corrected chi connectivity index (χ0v) is 13.1. The van der Waals surface area contributed by atoms with E-state index in [1.54, 1.807) is 25.1 Å². The van der Waals surface area contributed by atoms with Crippen LogP contribution in [-0.2, 0) is 20.9 Å². The van der Waals surface area contributed by atoms with Crippen LogP contribution >= 0.6 is 0 Å². The van der Waals surface area contributed by atoms with Gasteiger partial charge in [0.05, 0.1) is 12.0 Å². The third-order valence-corrected chi connectivity index (χ3v) is 3.03. The molecule has 0 radical (unpaired) electrons. The zero-order chi connectivity index (χ0) is 17.2. The Balaban J connectivity index is 2.39. The van der Waals surface area contributed by atoms with Gasteiger partial charge in [-0.3, -0.25) is 9.59 Å². The summed E-state index contributed by atoms with van der Waals surface area (Å²) in [5, 5.41) is 11.6. The maximum atomic E-state index is 11.7. The molecule has 6 heteroatoms. The smallest absolute Gasteiger partial charge is 0.335 e. The van der Waals surface area contributed by atoms with E-state index in [0.29, 0.717) is 18.4 Å². The lowest BCUT2D eigenvalue weighted by molar-refractivity contribution is -0.145. The second-order valence-electron chi connectivity index (χ2n) is 5.17. The topological polar surface area (TPSA) is 92.7 Å². The first-order valence-electron chi connectivity index (χ1n) is 7.30. The monoisotopic (exact) mass is 319 g/mol. The van der Waals surface area contributed by atoms with Crippen LogP contribution in [-0.4, -0.2) is 29.0 Å². The normalized spacial score (nSPS) is 11.3. The molecule has 0 spiro atoms.